The van der Waals surface area contributed by atoms with Gasteiger partial charge >= 0.3 is 0 Å². The largest absolute Gasteiger partial charge is 0.494 e. The van der Waals surface area contributed by atoms with E-state index in [1.54, 1.807) is 11.3 Å². The van der Waals surface area contributed by atoms with Gasteiger partial charge in [0.1, 0.15) is 5.75 Å². The Morgan fingerprint density at radius 2 is 2.10 bits per heavy atom. The number of hydrogen-bond donors (Lipinski definition) is 1. The Morgan fingerprint density at radius 3 is 2.80 bits per heavy atom. The third kappa shape index (κ3) is 3.93. The van der Waals surface area contributed by atoms with E-state index in [1.165, 1.54) is 9.71 Å². The number of thiazole rings is 1. The third-order valence-corrected chi connectivity index (χ3v) is 4.63. The molecule has 1 aromatic carbocycles. The molecule has 0 radical (unpaired) electrons. The van der Waals surface area contributed by atoms with Crippen molar-refractivity contribution in [2.45, 2.75) is 40.0 Å². The maximum atomic E-state index is 5.66. The van der Waals surface area contributed by atoms with Crippen LogP contribution in [-0.4, -0.2) is 18.1 Å². The van der Waals surface area contributed by atoms with Crippen LogP contribution in [0.15, 0.2) is 18.2 Å². The summed E-state index contributed by atoms with van der Waals surface area (Å²) in [5.41, 5.74) is 7.03. The summed E-state index contributed by atoms with van der Waals surface area (Å²) in [6.07, 6.45) is 3.21. The molecule has 0 fully saturated rings. The van der Waals surface area contributed by atoms with E-state index in [4.69, 9.17) is 15.5 Å². The Kier molecular flexibility index (Phi) is 5.00. The Labute approximate surface area is 125 Å². The zero-order chi connectivity index (χ0) is 14.6. The SMILES string of the molecule is CCOc1ccc2nc(CCC(C)(C)CCN)sc2c1. The highest BCUT2D eigenvalue weighted by atomic mass is 32.1. The smallest absolute Gasteiger partial charge is 0.120 e. The molecule has 0 saturated carbocycles. The molecule has 0 spiro atoms. The fraction of sp³-hybridized carbons (Fsp3) is 0.562. The number of aromatic nitrogens is 1. The van der Waals surface area contributed by atoms with Gasteiger partial charge in [0.05, 0.1) is 21.8 Å². The zero-order valence-corrected chi connectivity index (χ0v) is 13.4. The van der Waals surface area contributed by atoms with Gasteiger partial charge in [0.15, 0.2) is 0 Å². The molecule has 3 nitrogen and oxygen atoms in total. The van der Waals surface area contributed by atoms with E-state index >= 15 is 0 Å². The average molecular weight is 292 g/mol. The van der Waals surface area contributed by atoms with Crippen molar-refractivity contribution in [3.05, 3.63) is 23.2 Å². The summed E-state index contributed by atoms with van der Waals surface area (Å²) in [5.74, 6) is 0.929. The molecule has 1 aromatic heterocycles. The summed E-state index contributed by atoms with van der Waals surface area (Å²) in [7, 11) is 0. The standard InChI is InChI=1S/C16H24N2OS/c1-4-19-12-5-6-13-14(11-12)20-15(18-13)7-8-16(2,3)9-10-17/h5-6,11H,4,7-10,17H2,1-3H3. The molecule has 0 unspecified atom stereocenters. The maximum Gasteiger partial charge on any atom is 0.120 e. The average Bonchev–Trinajstić information content (AvgIpc) is 2.79. The number of hydrogen-bond acceptors (Lipinski definition) is 4. The summed E-state index contributed by atoms with van der Waals surface area (Å²) >= 11 is 1.77. The molecule has 2 N–H and O–H groups in total. The van der Waals surface area contributed by atoms with Crippen LogP contribution in [0.25, 0.3) is 10.2 Å². The van der Waals surface area contributed by atoms with Gasteiger partial charge in [-0.3, -0.25) is 0 Å². The molecule has 2 aromatic rings. The van der Waals surface area contributed by atoms with Crippen LogP contribution in [0.3, 0.4) is 0 Å². The highest BCUT2D eigenvalue weighted by Crippen LogP contribution is 2.30. The number of rotatable bonds is 7. The first-order chi connectivity index (χ1) is 9.54. The van der Waals surface area contributed by atoms with Crippen molar-refractivity contribution in [2.24, 2.45) is 11.1 Å². The Hall–Kier alpha value is -1.13. The maximum absolute atomic E-state index is 5.66. The molecular formula is C16H24N2OS. The molecule has 0 saturated heterocycles. The summed E-state index contributed by atoms with van der Waals surface area (Å²) in [5, 5.41) is 1.21. The van der Waals surface area contributed by atoms with Gasteiger partial charge in [0.2, 0.25) is 0 Å². The Balaban J connectivity index is 2.08. The van der Waals surface area contributed by atoms with E-state index in [0.29, 0.717) is 12.0 Å². The minimum absolute atomic E-state index is 0.295. The van der Waals surface area contributed by atoms with Crippen LogP contribution in [0, 0.1) is 5.41 Å². The fourth-order valence-electron chi connectivity index (χ4n) is 2.28. The third-order valence-electron chi connectivity index (χ3n) is 3.55. The molecule has 0 amide bonds. The van der Waals surface area contributed by atoms with E-state index < -0.39 is 0 Å². The van der Waals surface area contributed by atoms with Crippen molar-refractivity contribution in [2.75, 3.05) is 13.2 Å². The minimum atomic E-state index is 0.295. The van der Waals surface area contributed by atoms with Crippen molar-refractivity contribution < 1.29 is 4.74 Å². The van der Waals surface area contributed by atoms with E-state index in [1.807, 2.05) is 19.1 Å². The van der Waals surface area contributed by atoms with Crippen LogP contribution in [0.1, 0.15) is 38.6 Å². The van der Waals surface area contributed by atoms with Gasteiger partial charge in [-0.2, -0.15) is 0 Å². The molecule has 4 heteroatoms. The van der Waals surface area contributed by atoms with Crippen LogP contribution in [0.4, 0.5) is 0 Å². The lowest BCUT2D eigenvalue weighted by Crippen LogP contribution is -2.17. The molecule has 0 aliphatic carbocycles. The lowest BCUT2D eigenvalue weighted by Gasteiger charge is -2.22. The van der Waals surface area contributed by atoms with Crippen molar-refractivity contribution in [1.29, 1.82) is 0 Å². The topological polar surface area (TPSA) is 48.1 Å². The van der Waals surface area contributed by atoms with Gasteiger partial charge in [0, 0.05) is 0 Å². The van der Waals surface area contributed by atoms with Crippen LogP contribution < -0.4 is 10.5 Å². The number of nitrogens with two attached hydrogens (primary N) is 1. The lowest BCUT2D eigenvalue weighted by atomic mass is 9.84. The first-order valence-electron chi connectivity index (χ1n) is 7.26. The number of fused-ring (bicyclic) bond motifs is 1. The van der Waals surface area contributed by atoms with Crippen molar-refractivity contribution >= 4 is 21.6 Å². The van der Waals surface area contributed by atoms with E-state index in [-0.39, 0.29) is 0 Å². The quantitative estimate of drug-likeness (QED) is 0.839. The minimum Gasteiger partial charge on any atom is -0.494 e. The van der Waals surface area contributed by atoms with Crippen molar-refractivity contribution in [3.8, 4) is 5.75 Å². The number of nitrogens with zero attached hydrogens (tertiary/aromatic N) is 1. The van der Waals surface area contributed by atoms with Crippen molar-refractivity contribution in [1.82, 2.24) is 4.98 Å². The predicted molar refractivity (Wildman–Crippen MR) is 86.6 cm³/mol. The first kappa shape index (κ1) is 15.3. The predicted octanol–water partition coefficient (Wildman–Crippen LogP) is 4.00. The van der Waals surface area contributed by atoms with Crippen LogP contribution in [-0.2, 0) is 6.42 Å². The van der Waals surface area contributed by atoms with Gasteiger partial charge in [-0.1, -0.05) is 13.8 Å². The summed E-state index contributed by atoms with van der Waals surface area (Å²) in [6.45, 7) is 8.01. The highest BCUT2D eigenvalue weighted by Gasteiger charge is 2.17. The zero-order valence-electron chi connectivity index (χ0n) is 12.6. The second-order valence-corrected chi connectivity index (χ2v) is 6.99. The highest BCUT2D eigenvalue weighted by molar-refractivity contribution is 7.18. The molecule has 20 heavy (non-hydrogen) atoms. The Morgan fingerprint density at radius 1 is 1.30 bits per heavy atom. The van der Waals surface area contributed by atoms with Gasteiger partial charge < -0.3 is 10.5 Å². The number of ether oxygens (including phenoxy) is 1. The molecule has 110 valence electrons. The second-order valence-electron chi connectivity index (χ2n) is 5.87. The normalized spacial score (nSPS) is 12.0. The molecule has 0 bridgehead atoms. The molecule has 1 heterocycles. The van der Waals surface area contributed by atoms with E-state index in [2.05, 4.69) is 19.9 Å². The molecule has 0 aliphatic rings. The fourth-order valence-corrected chi connectivity index (χ4v) is 3.27. The summed E-state index contributed by atoms with van der Waals surface area (Å²) < 4.78 is 6.75. The number of aryl methyl sites for hydroxylation is 1. The van der Waals surface area contributed by atoms with Gasteiger partial charge in [0.25, 0.3) is 0 Å². The van der Waals surface area contributed by atoms with Gasteiger partial charge in [-0.25, -0.2) is 4.98 Å². The first-order valence-corrected chi connectivity index (χ1v) is 8.08. The lowest BCUT2D eigenvalue weighted by molar-refractivity contribution is 0.313. The van der Waals surface area contributed by atoms with Gasteiger partial charge in [-0.05, 0) is 56.3 Å². The van der Waals surface area contributed by atoms with Gasteiger partial charge in [-0.15, -0.1) is 11.3 Å². The summed E-state index contributed by atoms with van der Waals surface area (Å²) in [4.78, 5) is 4.71. The monoisotopic (exact) mass is 292 g/mol. The van der Waals surface area contributed by atoms with Crippen LogP contribution in [0.2, 0.25) is 0 Å². The second kappa shape index (κ2) is 6.55. The number of benzene rings is 1. The molecule has 2 rings (SSSR count). The molecular weight excluding hydrogens is 268 g/mol. The van der Waals surface area contributed by atoms with E-state index in [9.17, 15) is 0 Å². The van der Waals surface area contributed by atoms with Crippen molar-refractivity contribution in [3.63, 3.8) is 0 Å². The molecule has 0 atom stereocenters. The van der Waals surface area contributed by atoms with Crippen LogP contribution in [0.5, 0.6) is 5.75 Å². The molecule has 0 aliphatic heterocycles. The van der Waals surface area contributed by atoms with E-state index in [0.717, 1.165) is 37.1 Å². The summed E-state index contributed by atoms with van der Waals surface area (Å²) in [6, 6.07) is 6.13. The Bertz CT molecular complexity index is 563. The van der Waals surface area contributed by atoms with Crippen LogP contribution >= 0.6 is 11.3 Å².